The molecule has 0 unspecified atom stereocenters. The van der Waals surface area contributed by atoms with Crippen LogP contribution in [0.4, 0.5) is 0 Å². The van der Waals surface area contributed by atoms with Crippen LogP contribution in [0.1, 0.15) is 33.1 Å². The number of carboxylic acids is 1. The molecule has 1 heterocycles. The van der Waals surface area contributed by atoms with Gasteiger partial charge in [0, 0.05) is 6.54 Å². The molecule has 0 radical (unpaired) electrons. The van der Waals surface area contributed by atoms with Crippen LogP contribution in [0.15, 0.2) is 0 Å². The molecule has 0 aromatic rings. The summed E-state index contributed by atoms with van der Waals surface area (Å²) in [4.78, 5) is 13.1. The Hall–Kier alpha value is -0.620. The highest BCUT2D eigenvalue weighted by Crippen LogP contribution is 2.22. The van der Waals surface area contributed by atoms with Gasteiger partial charge < -0.3 is 10.0 Å². The van der Waals surface area contributed by atoms with Crippen LogP contribution in [0.2, 0.25) is 0 Å². The Kier molecular flexibility index (Phi) is 5.16. The summed E-state index contributed by atoms with van der Waals surface area (Å²) < 4.78 is 22.9. The van der Waals surface area contributed by atoms with Gasteiger partial charge in [-0.2, -0.15) is 0 Å². The van der Waals surface area contributed by atoms with Gasteiger partial charge in [-0.25, -0.2) is 8.42 Å². The second-order valence-electron chi connectivity index (χ2n) is 5.64. The average molecular weight is 277 g/mol. The molecule has 0 saturated carbocycles. The van der Waals surface area contributed by atoms with Gasteiger partial charge in [-0.15, -0.1) is 0 Å². The number of carboxylic acid groups (broad SMARTS) is 1. The maximum absolute atomic E-state index is 11.4. The fourth-order valence-electron chi connectivity index (χ4n) is 2.07. The Morgan fingerprint density at radius 1 is 1.28 bits per heavy atom. The van der Waals surface area contributed by atoms with Crippen LogP contribution in [0.25, 0.3) is 0 Å². The van der Waals surface area contributed by atoms with E-state index in [2.05, 4.69) is 4.90 Å². The van der Waals surface area contributed by atoms with E-state index in [1.165, 1.54) is 0 Å². The van der Waals surface area contributed by atoms with Crippen molar-refractivity contribution in [2.75, 3.05) is 31.1 Å². The van der Waals surface area contributed by atoms with Crippen molar-refractivity contribution in [3.8, 4) is 0 Å². The first-order chi connectivity index (χ1) is 8.23. The summed E-state index contributed by atoms with van der Waals surface area (Å²) in [5.74, 6) is -0.264. The lowest BCUT2D eigenvalue weighted by molar-refractivity contribution is -0.147. The van der Waals surface area contributed by atoms with E-state index in [0.29, 0.717) is 19.4 Å². The molecular formula is C12H23NO4S. The minimum absolute atomic E-state index is 0.231. The minimum atomic E-state index is -2.85. The van der Waals surface area contributed by atoms with Crippen molar-refractivity contribution >= 4 is 15.8 Å². The lowest BCUT2D eigenvalue weighted by atomic mass is 9.88. The molecule has 0 bridgehead atoms. The van der Waals surface area contributed by atoms with Gasteiger partial charge in [0.05, 0.1) is 16.9 Å². The summed E-state index contributed by atoms with van der Waals surface area (Å²) >= 11 is 0. The highest BCUT2D eigenvalue weighted by atomic mass is 32.2. The molecule has 0 aromatic carbocycles. The molecule has 6 heteroatoms. The predicted molar refractivity (Wildman–Crippen MR) is 70.4 cm³/mol. The molecule has 0 spiro atoms. The van der Waals surface area contributed by atoms with E-state index >= 15 is 0 Å². The summed E-state index contributed by atoms with van der Waals surface area (Å²) in [6.45, 7) is 5.61. The molecular weight excluding hydrogens is 254 g/mol. The molecule has 0 amide bonds. The predicted octanol–water partition coefficient (Wildman–Crippen LogP) is 0.998. The van der Waals surface area contributed by atoms with E-state index < -0.39 is 21.2 Å². The standard InChI is InChI=1S/C12H23NO4S/c1-12(2,11(14)15)5-3-6-13-7-4-9-18(16,17)10-8-13/h3-10H2,1-2H3,(H,14,15). The van der Waals surface area contributed by atoms with E-state index in [0.717, 1.165) is 19.5 Å². The van der Waals surface area contributed by atoms with Crippen LogP contribution in [-0.2, 0) is 14.6 Å². The van der Waals surface area contributed by atoms with Crippen molar-refractivity contribution < 1.29 is 18.3 Å². The maximum Gasteiger partial charge on any atom is 0.309 e. The van der Waals surface area contributed by atoms with E-state index in [9.17, 15) is 13.2 Å². The number of hydrogen-bond donors (Lipinski definition) is 1. The normalized spacial score (nSPS) is 21.4. The molecule has 106 valence electrons. The molecule has 5 nitrogen and oxygen atoms in total. The molecule has 1 rings (SSSR count). The smallest absolute Gasteiger partial charge is 0.309 e. The fourth-order valence-corrected chi connectivity index (χ4v) is 3.37. The third kappa shape index (κ3) is 4.94. The van der Waals surface area contributed by atoms with Crippen LogP contribution in [0, 0.1) is 5.41 Å². The first-order valence-corrected chi connectivity index (χ1v) is 8.21. The number of rotatable bonds is 5. The maximum atomic E-state index is 11.4. The molecule has 1 aliphatic heterocycles. The lowest BCUT2D eigenvalue weighted by Gasteiger charge is -2.23. The summed E-state index contributed by atoms with van der Waals surface area (Å²) in [5.41, 5.74) is -0.697. The van der Waals surface area contributed by atoms with Crippen LogP contribution < -0.4 is 0 Å². The first kappa shape index (κ1) is 15.4. The van der Waals surface area contributed by atoms with Gasteiger partial charge in [-0.1, -0.05) is 0 Å². The number of hydrogen-bond acceptors (Lipinski definition) is 4. The molecule has 1 saturated heterocycles. The van der Waals surface area contributed by atoms with Crippen LogP contribution in [-0.4, -0.2) is 55.5 Å². The fraction of sp³-hybridized carbons (Fsp3) is 0.917. The van der Waals surface area contributed by atoms with E-state index in [1.54, 1.807) is 13.8 Å². The van der Waals surface area contributed by atoms with Gasteiger partial charge >= 0.3 is 5.97 Å². The van der Waals surface area contributed by atoms with Gasteiger partial charge in [0.25, 0.3) is 0 Å². The quantitative estimate of drug-likeness (QED) is 0.811. The van der Waals surface area contributed by atoms with Crippen molar-refractivity contribution in [1.82, 2.24) is 4.90 Å². The second-order valence-corrected chi connectivity index (χ2v) is 7.94. The van der Waals surface area contributed by atoms with Gasteiger partial charge in [0.1, 0.15) is 0 Å². The van der Waals surface area contributed by atoms with Crippen molar-refractivity contribution in [2.24, 2.45) is 5.41 Å². The Morgan fingerprint density at radius 3 is 2.56 bits per heavy atom. The Morgan fingerprint density at radius 2 is 1.94 bits per heavy atom. The summed E-state index contributed by atoms with van der Waals surface area (Å²) in [6, 6.07) is 0. The zero-order chi connectivity index (χ0) is 13.8. The Bertz CT molecular complexity index is 389. The molecule has 0 atom stereocenters. The Labute approximate surface area is 109 Å². The highest BCUT2D eigenvalue weighted by molar-refractivity contribution is 7.91. The van der Waals surface area contributed by atoms with Crippen molar-refractivity contribution in [1.29, 1.82) is 0 Å². The zero-order valence-corrected chi connectivity index (χ0v) is 12.0. The Balaban J connectivity index is 2.34. The summed E-state index contributed by atoms with van der Waals surface area (Å²) in [6.07, 6.45) is 2.09. The SMILES string of the molecule is CC(C)(CCCN1CCCS(=O)(=O)CC1)C(=O)O. The average Bonchev–Trinajstić information content (AvgIpc) is 2.40. The van der Waals surface area contributed by atoms with Crippen molar-refractivity contribution in [3.63, 3.8) is 0 Å². The van der Waals surface area contributed by atoms with Crippen molar-refractivity contribution in [3.05, 3.63) is 0 Å². The van der Waals surface area contributed by atoms with Gasteiger partial charge in [0.2, 0.25) is 0 Å². The number of nitrogens with zero attached hydrogens (tertiary/aromatic N) is 1. The summed E-state index contributed by atoms with van der Waals surface area (Å²) in [7, 11) is -2.85. The van der Waals surface area contributed by atoms with Gasteiger partial charge in [-0.3, -0.25) is 4.79 Å². The third-order valence-corrected chi connectivity index (χ3v) is 5.22. The molecule has 1 fully saturated rings. The number of sulfone groups is 1. The molecule has 1 N–H and O–H groups in total. The molecule has 0 aliphatic carbocycles. The first-order valence-electron chi connectivity index (χ1n) is 6.39. The highest BCUT2D eigenvalue weighted by Gasteiger charge is 2.27. The number of aliphatic carboxylic acids is 1. The van der Waals surface area contributed by atoms with Crippen LogP contribution in [0.3, 0.4) is 0 Å². The molecule has 1 aliphatic rings. The van der Waals surface area contributed by atoms with E-state index in [4.69, 9.17) is 5.11 Å². The van der Waals surface area contributed by atoms with Gasteiger partial charge in [0.15, 0.2) is 9.84 Å². The summed E-state index contributed by atoms with van der Waals surface area (Å²) in [5, 5.41) is 9.00. The van der Waals surface area contributed by atoms with Crippen LogP contribution >= 0.6 is 0 Å². The lowest BCUT2D eigenvalue weighted by Crippen LogP contribution is -2.30. The monoisotopic (exact) mass is 277 g/mol. The largest absolute Gasteiger partial charge is 0.481 e. The van der Waals surface area contributed by atoms with E-state index in [1.807, 2.05) is 0 Å². The van der Waals surface area contributed by atoms with Crippen molar-refractivity contribution in [2.45, 2.75) is 33.1 Å². The zero-order valence-electron chi connectivity index (χ0n) is 11.2. The molecule has 18 heavy (non-hydrogen) atoms. The van der Waals surface area contributed by atoms with Gasteiger partial charge in [-0.05, 0) is 46.2 Å². The third-order valence-electron chi connectivity index (χ3n) is 3.50. The minimum Gasteiger partial charge on any atom is -0.481 e. The number of carbonyl (C=O) groups is 1. The van der Waals surface area contributed by atoms with Crippen LogP contribution in [0.5, 0.6) is 0 Å². The van der Waals surface area contributed by atoms with E-state index in [-0.39, 0.29) is 11.5 Å². The molecule has 0 aromatic heterocycles. The topological polar surface area (TPSA) is 74.7 Å². The second kappa shape index (κ2) is 6.02.